The van der Waals surface area contributed by atoms with Crippen molar-refractivity contribution in [2.24, 2.45) is 5.41 Å². The van der Waals surface area contributed by atoms with E-state index in [0.29, 0.717) is 31.2 Å². The maximum absolute atomic E-state index is 13.4. The van der Waals surface area contributed by atoms with Crippen molar-refractivity contribution in [2.75, 3.05) is 0 Å². The number of hydrogen-bond donors (Lipinski definition) is 0. The SMILES string of the molecule is O=C1C(=O)C2(CCCCC2)C(=O)C(c2ccccc2)=C1C(=O)C(Cl)(Cl)Cl. The number of allylic oxidation sites excluding steroid dienone is 2. The van der Waals surface area contributed by atoms with Crippen molar-refractivity contribution in [1.82, 2.24) is 0 Å². The van der Waals surface area contributed by atoms with Gasteiger partial charge in [-0.2, -0.15) is 0 Å². The van der Waals surface area contributed by atoms with E-state index >= 15 is 0 Å². The second-order valence-corrected chi connectivity index (χ2v) is 8.85. The molecular weight excluding hydrogens is 399 g/mol. The standard InChI is InChI=1S/C19H15Cl3O4/c20-19(21,22)16(25)13-12(11-7-3-1-4-8-11)15(24)18(17(26)14(13)23)9-5-2-6-10-18/h1,3-4,7-8H,2,5-6,9-10H2. The molecule has 1 saturated carbocycles. The number of rotatable bonds is 2. The van der Waals surface area contributed by atoms with Gasteiger partial charge in [0, 0.05) is 5.57 Å². The van der Waals surface area contributed by atoms with Gasteiger partial charge < -0.3 is 0 Å². The molecule has 0 unspecified atom stereocenters. The van der Waals surface area contributed by atoms with Gasteiger partial charge in [-0.1, -0.05) is 84.4 Å². The molecule has 0 bridgehead atoms. The summed E-state index contributed by atoms with van der Waals surface area (Å²) in [5, 5.41) is 0. The van der Waals surface area contributed by atoms with Crippen molar-refractivity contribution in [1.29, 1.82) is 0 Å². The monoisotopic (exact) mass is 412 g/mol. The number of carbonyl (C=O) groups excluding carboxylic acids is 4. The van der Waals surface area contributed by atoms with Crippen molar-refractivity contribution in [3.05, 3.63) is 41.5 Å². The number of ketones is 4. The molecule has 1 fully saturated rings. The number of alkyl halides is 3. The highest BCUT2D eigenvalue weighted by Gasteiger charge is 2.57. The topological polar surface area (TPSA) is 68.3 Å². The van der Waals surface area contributed by atoms with Crippen LogP contribution in [0.25, 0.3) is 5.57 Å². The molecule has 26 heavy (non-hydrogen) atoms. The smallest absolute Gasteiger partial charge is 0.253 e. The Kier molecular flexibility index (Phi) is 5.13. The summed E-state index contributed by atoms with van der Waals surface area (Å²) in [6.45, 7) is 0. The Morgan fingerprint density at radius 2 is 1.46 bits per heavy atom. The number of hydrogen-bond acceptors (Lipinski definition) is 4. The van der Waals surface area contributed by atoms with E-state index in [4.69, 9.17) is 34.8 Å². The molecule has 3 rings (SSSR count). The van der Waals surface area contributed by atoms with Gasteiger partial charge in [0.1, 0.15) is 5.41 Å². The van der Waals surface area contributed by atoms with Crippen LogP contribution in [0.5, 0.6) is 0 Å². The quantitative estimate of drug-likeness (QED) is 0.317. The van der Waals surface area contributed by atoms with Crippen LogP contribution in [0.1, 0.15) is 37.7 Å². The van der Waals surface area contributed by atoms with Crippen LogP contribution in [0, 0.1) is 5.41 Å². The third kappa shape index (κ3) is 3.04. The van der Waals surface area contributed by atoms with Crippen LogP contribution in [0.2, 0.25) is 0 Å². The zero-order chi connectivity index (χ0) is 19.1. The number of halogens is 3. The van der Waals surface area contributed by atoms with Crippen LogP contribution in [-0.4, -0.2) is 26.9 Å². The molecule has 7 heteroatoms. The van der Waals surface area contributed by atoms with E-state index < -0.39 is 37.9 Å². The molecule has 4 nitrogen and oxygen atoms in total. The average Bonchev–Trinajstić information content (AvgIpc) is 2.63. The molecule has 0 radical (unpaired) electrons. The zero-order valence-corrected chi connectivity index (χ0v) is 16.0. The molecule has 1 aromatic carbocycles. The van der Waals surface area contributed by atoms with Crippen molar-refractivity contribution < 1.29 is 19.2 Å². The first-order chi connectivity index (χ1) is 12.2. The van der Waals surface area contributed by atoms with Gasteiger partial charge in [0.25, 0.3) is 3.79 Å². The van der Waals surface area contributed by atoms with Gasteiger partial charge in [-0.15, -0.1) is 0 Å². The van der Waals surface area contributed by atoms with Crippen molar-refractivity contribution in [3.8, 4) is 0 Å². The molecule has 2 aliphatic rings. The molecule has 136 valence electrons. The second-order valence-electron chi connectivity index (χ2n) is 6.57. The summed E-state index contributed by atoms with van der Waals surface area (Å²) < 4.78 is -2.44. The van der Waals surface area contributed by atoms with Gasteiger partial charge in [0.15, 0.2) is 5.78 Å². The van der Waals surface area contributed by atoms with Gasteiger partial charge in [-0.25, -0.2) is 0 Å². The lowest BCUT2D eigenvalue weighted by Crippen LogP contribution is -2.51. The molecule has 0 aliphatic heterocycles. The highest BCUT2D eigenvalue weighted by atomic mass is 35.6. The molecule has 0 amide bonds. The summed E-state index contributed by atoms with van der Waals surface area (Å²) in [7, 11) is 0. The summed E-state index contributed by atoms with van der Waals surface area (Å²) in [6, 6.07) is 8.26. The zero-order valence-electron chi connectivity index (χ0n) is 13.7. The van der Waals surface area contributed by atoms with E-state index in [-0.39, 0.29) is 5.57 Å². The van der Waals surface area contributed by atoms with Crippen LogP contribution >= 0.6 is 34.8 Å². The fourth-order valence-electron chi connectivity index (χ4n) is 3.75. The molecule has 0 saturated heterocycles. The van der Waals surface area contributed by atoms with Crippen molar-refractivity contribution in [3.63, 3.8) is 0 Å². The molecule has 0 N–H and O–H groups in total. The van der Waals surface area contributed by atoms with E-state index in [1.807, 2.05) is 0 Å². The van der Waals surface area contributed by atoms with Gasteiger partial charge in [-0.3, -0.25) is 19.2 Å². The Morgan fingerprint density at radius 1 is 0.885 bits per heavy atom. The van der Waals surface area contributed by atoms with Gasteiger partial charge in [0.05, 0.1) is 5.57 Å². The Morgan fingerprint density at radius 3 is 2.00 bits per heavy atom. The molecule has 2 aliphatic carbocycles. The predicted octanol–water partition coefficient (Wildman–Crippen LogP) is 4.05. The highest BCUT2D eigenvalue weighted by Crippen LogP contribution is 2.47. The van der Waals surface area contributed by atoms with Crippen LogP contribution in [0.3, 0.4) is 0 Å². The van der Waals surface area contributed by atoms with E-state index in [1.54, 1.807) is 30.3 Å². The van der Waals surface area contributed by atoms with E-state index in [0.717, 1.165) is 6.42 Å². The van der Waals surface area contributed by atoms with Gasteiger partial charge in [0.2, 0.25) is 17.3 Å². The second kappa shape index (κ2) is 6.91. The minimum atomic E-state index is -2.44. The Hall–Kier alpha value is -1.49. The van der Waals surface area contributed by atoms with E-state index in [9.17, 15) is 19.2 Å². The largest absolute Gasteiger partial charge is 0.293 e. The summed E-state index contributed by atoms with van der Waals surface area (Å²) >= 11 is 17.0. The van der Waals surface area contributed by atoms with E-state index in [1.165, 1.54) is 0 Å². The third-order valence-corrected chi connectivity index (χ3v) is 5.55. The highest BCUT2D eigenvalue weighted by molar-refractivity contribution is 6.80. The van der Waals surface area contributed by atoms with Crippen LogP contribution in [0.4, 0.5) is 0 Å². The molecule has 0 heterocycles. The van der Waals surface area contributed by atoms with Crippen LogP contribution < -0.4 is 0 Å². The Balaban J connectivity index is 2.29. The number of carbonyl (C=O) groups is 4. The minimum Gasteiger partial charge on any atom is -0.293 e. The molecule has 1 spiro atoms. The fraction of sp³-hybridized carbons (Fsp3) is 0.368. The first-order valence-electron chi connectivity index (χ1n) is 8.25. The van der Waals surface area contributed by atoms with E-state index in [2.05, 4.69) is 0 Å². The summed E-state index contributed by atoms with van der Waals surface area (Å²) in [6.07, 6.45) is 2.81. The first kappa shape index (κ1) is 19.3. The number of benzene rings is 1. The van der Waals surface area contributed by atoms with Crippen LogP contribution in [-0.2, 0) is 19.2 Å². The average molecular weight is 414 g/mol. The first-order valence-corrected chi connectivity index (χ1v) is 9.39. The summed E-state index contributed by atoms with van der Waals surface area (Å²) in [5.41, 5.74) is -1.78. The molecule has 1 aromatic rings. The number of Topliss-reactive ketones (excluding diaryl/α,β-unsaturated/α-hetero) is 4. The van der Waals surface area contributed by atoms with Crippen molar-refractivity contribution >= 4 is 63.5 Å². The van der Waals surface area contributed by atoms with Crippen LogP contribution in [0.15, 0.2) is 35.9 Å². The summed E-state index contributed by atoms with van der Waals surface area (Å²) in [5.74, 6) is -3.58. The maximum atomic E-state index is 13.4. The Bertz CT molecular complexity index is 828. The fourth-order valence-corrected chi connectivity index (χ4v) is 4.03. The minimum absolute atomic E-state index is 0.117. The van der Waals surface area contributed by atoms with Crippen molar-refractivity contribution in [2.45, 2.75) is 35.9 Å². The lowest BCUT2D eigenvalue weighted by molar-refractivity contribution is -0.148. The van der Waals surface area contributed by atoms with Gasteiger partial charge >= 0.3 is 0 Å². The van der Waals surface area contributed by atoms with Gasteiger partial charge in [-0.05, 0) is 18.4 Å². The lowest BCUT2D eigenvalue weighted by atomic mass is 9.60. The molecule has 0 aromatic heterocycles. The Labute approximate surface area is 165 Å². The third-order valence-electron chi connectivity index (χ3n) is 5.03. The summed E-state index contributed by atoms with van der Waals surface area (Å²) in [4.78, 5) is 51.7. The predicted molar refractivity (Wildman–Crippen MR) is 99.2 cm³/mol. The maximum Gasteiger partial charge on any atom is 0.253 e. The lowest BCUT2D eigenvalue weighted by Gasteiger charge is -2.38. The molecule has 0 atom stereocenters. The molecular formula is C19H15Cl3O4. The normalized spacial score (nSPS) is 20.7.